The van der Waals surface area contributed by atoms with E-state index in [1.54, 1.807) is 31.4 Å². The Hall–Kier alpha value is -2.85. The fraction of sp³-hybridized carbons (Fsp3) is 0.333. The van der Waals surface area contributed by atoms with Gasteiger partial charge in [0, 0.05) is 24.7 Å². The molecule has 0 bridgehead atoms. The number of hydrogen-bond donors (Lipinski definition) is 1. The molecule has 1 aliphatic rings. The number of ether oxygens (including phenoxy) is 1. The van der Waals surface area contributed by atoms with Crippen LogP contribution in [0, 0.1) is 11.3 Å². The van der Waals surface area contributed by atoms with Crippen LogP contribution in [0.15, 0.2) is 30.5 Å². The highest BCUT2D eigenvalue weighted by Gasteiger charge is 2.23. The van der Waals surface area contributed by atoms with Crippen molar-refractivity contribution in [1.82, 2.24) is 15.3 Å². The van der Waals surface area contributed by atoms with Crippen molar-refractivity contribution in [2.45, 2.75) is 18.9 Å². The minimum Gasteiger partial charge on any atom is -0.497 e. The van der Waals surface area contributed by atoms with Crippen molar-refractivity contribution >= 4 is 23.3 Å². The molecule has 134 valence electrons. The minimum atomic E-state index is -0.122. The van der Waals surface area contributed by atoms with Crippen LogP contribution in [0.25, 0.3) is 0 Å². The standard InChI is InChI=1S/C18H18ClN5O2/c1-26-14-6-4-12(5-7-14)18(25)22-13-3-2-8-24(11-13)16-10-21-15(9-20)17(19)23-16/h4-7,10,13H,2-3,8,11H2,1H3,(H,22,25). The van der Waals surface area contributed by atoms with E-state index in [0.717, 1.165) is 19.4 Å². The highest BCUT2D eigenvalue weighted by molar-refractivity contribution is 6.30. The molecule has 1 N–H and O–H groups in total. The van der Waals surface area contributed by atoms with Crippen LogP contribution in [0.5, 0.6) is 5.75 Å². The molecule has 2 aromatic rings. The lowest BCUT2D eigenvalue weighted by molar-refractivity contribution is 0.0933. The first-order valence-electron chi connectivity index (χ1n) is 8.23. The van der Waals surface area contributed by atoms with Crippen molar-refractivity contribution in [2.24, 2.45) is 0 Å². The van der Waals surface area contributed by atoms with E-state index in [2.05, 4.69) is 15.3 Å². The quantitative estimate of drug-likeness (QED) is 0.887. The summed E-state index contributed by atoms with van der Waals surface area (Å²) < 4.78 is 5.11. The van der Waals surface area contributed by atoms with Gasteiger partial charge in [0.2, 0.25) is 0 Å². The van der Waals surface area contributed by atoms with E-state index in [1.807, 2.05) is 11.0 Å². The third kappa shape index (κ3) is 4.03. The summed E-state index contributed by atoms with van der Waals surface area (Å²) in [5.74, 6) is 1.20. The average Bonchev–Trinajstić information content (AvgIpc) is 2.68. The first-order valence-corrected chi connectivity index (χ1v) is 8.61. The molecule has 1 aromatic carbocycles. The number of aromatic nitrogens is 2. The summed E-state index contributed by atoms with van der Waals surface area (Å²) in [7, 11) is 1.59. The molecule has 0 saturated carbocycles. The Morgan fingerprint density at radius 1 is 1.42 bits per heavy atom. The Morgan fingerprint density at radius 2 is 2.19 bits per heavy atom. The Kier molecular flexibility index (Phi) is 5.54. The van der Waals surface area contributed by atoms with Gasteiger partial charge in [-0.3, -0.25) is 4.79 Å². The number of hydrogen-bond acceptors (Lipinski definition) is 6. The van der Waals surface area contributed by atoms with Gasteiger partial charge in [0.15, 0.2) is 10.8 Å². The van der Waals surface area contributed by atoms with Gasteiger partial charge >= 0.3 is 0 Å². The van der Waals surface area contributed by atoms with Crippen molar-refractivity contribution in [2.75, 3.05) is 25.1 Å². The van der Waals surface area contributed by atoms with Crippen LogP contribution in [-0.4, -0.2) is 42.1 Å². The Labute approximate surface area is 156 Å². The van der Waals surface area contributed by atoms with Crippen LogP contribution < -0.4 is 15.0 Å². The van der Waals surface area contributed by atoms with E-state index in [0.29, 0.717) is 23.7 Å². The lowest BCUT2D eigenvalue weighted by Gasteiger charge is -2.33. The normalized spacial score (nSPS) is 16.7. The number of anilines is 1. The van der Waals surface area contributed by atoms with Gasteiger partial charge < -0.3 is 15.0 Å². The number of amides is 1. The van der Waals surface area contributed by atoms with E-state index in [4.69, 9.17) is 21.6 Å². The third-order valence-corrected chi connectivity index (χ3v) is 4.52. The maximum Gasteiger partial charge on any atom is 0.251 e. The van der Waals surface area contributed by atoms with Crippen molar-refractivity contribution in [1.29, 1.82) is 5.26 Å². The summed E-state index contributed by atoms with van der Waals surface area (Å²) in [5.41, 5.74) is 0.695. The second-order valence-corrected chi connectivity index (χ2v) is 6.32. The number of nitriles is 1. The summed E-state index contributed by atoms with van der Waals surface area (Å²) in [6.45, 7) is 1.41. The molecule has 1 aliphatic heterocycles. The Balaban J connectivity index is 1.65. The fourth-order valence-electron chi connectivity index (χ4n) is 2.90. The third-order valence-electron chi connectivity index (χ3n) is 4.26. The van der Waals surface area contributed by atoms with Gasteiger partial charge in [-0.1, -0.05) is 11.6 Å². The zero-order valence-electron chi connectivity index (χ0n) is 14.3. The number of carbonyl (C=O) groups is 1. The van der Waals surface area contributed by atoms with Crippen LogP contribution in [0.3, 0.4) is 0 Å². The molecule has 1 unspecified atom stereocenters. The van der Waals surface area contributed by atoms with Crippen molar-refractivity contribution in [3.63, 3.8) is 0 Å². The maximum absolute atomic E-state index is 12.4. The fourth-order valence-corrected chi connectivity index (χ4v) is 3.08. The van der Waals surface area contributed by atoms with E-state index in [-0.39, 0.29) is 22.8 Å². The first-order chi connectivity index (χ1) is 12.6. The molecular formula is C18H18ClN5O2. The smallest absolute Gasteiger partial charge is 0.251 e. The molecule has 0 radical (unpaired) electrons. The van der Waals surface area contributed by atoms with Gasteiger partial charge in [-0.2, -0.15) is 5.26 Å². The molecule has 0 aliphatic carbocycles. The Morgan fingerprint density at radius 3 is 2.85 bits per heavy atom. The highest BCUT2D eigenvalue weighted by Crippen LogP contribution is 2.21. The SMILES string of the molecule is COc1ccc(C(=O)NC2CCCN(c3cnc(C#N)c(Cl)n3)C2)cc1. The van der Waals surface area contributed by atoms with Gasteiger partial charge in [0.1, 0.15) is 17.6 Å². The first kappa shape index (κ1) is 18.0. The van der Waals surface area contributed by atoms with E-state index < -0.39 is 0 Å². The van der Waals surface area contributed by atoms with Crippen LogP contribution >= 0.6 is 11.6 Å². The van der Waals surface area contributed by atoms with Gasteiger partial charge in [-0.05, 0) is 37.1 Å². The molecule has 0 spiro atoms. The molecule has 1 aromatic heterocycles. The molecular weight excluding hydrogens is 354 g/mol. The van der Waals surface area contributed by atoms with Crippen LogP contribution in [0.1, 0.15) is 28.9 Å². The molecule has 1 atom stereocenters. The monoisotopic (exact) mass is 371 g/mol. The lowest BCUT2D eigenvalue weighted by Crippen LogP contribution is -2.48. The molecule has 2 heterocycles. The number of nitrogens with zero attached hydrogens (tertiary/aromatic N) is 4. The number of methoxy groups -OCH3 is 1. The average molecular weight is 372 g/mol. The summed E-state index contributed by atoms with van der Waals surface area (Å²) in [4.78, 5) is 22.7. The molecule has 1 fully saturated rings. The van der Waals surface area contributed by atoms with Gasteiger partial charge in [0.25, 0.3) is 5.91 Å². The molecule has 26 heavy (non-hydrogen) atoms. The molecule has 7 nitrogen and oxygen atoms in total. The maximum atomic E-state index is 12.4. The number of halogens is 1. The zero-order chi connectivity index (χ0) is 18.5. The van der Waals surface area contributed by atoms with Crippen molar-refractivity contribution in [3.8, 4) is 11.8 Å². The summed E-state index contributed by atoms with van der Waals surface area (Å²) >= 11 is 5.97. The highest BCUT2D eigenvalue weighted by atomic mass is 35.5. The van der Waals surface area contributed by atoms with Crippen LogP contribution in [-0.2, 0) is 0 Å². The largest absolute Gasteiger partial charge is 0.497 e. The molecule has 8 heteroatoms. The number of nitrogens with one attached hydrogen (secondary N) is 1. The second-order valence-electron chi connectivity index (χ2n) is 5.97. The van der Waals surface area contributed by atoms with E-state index in [1.165, 1.54) is 6.20 Å². The van der Waals surface area contributed by atoms with Crippen LogP contribution in [0.4, 0.5) is 5.82 Å². The number of piperidine rings is 1. The predicted molar refractivity (Wildman–Crippen MR) is 97.5 cm³/mol. The van der Waals surface area contributed by atoms with Crippen molar-refractivity contribution in [3.05, 3.63) is 46.9 Å². The van der Waals surface area contributed by atoms with Gasteiger partial charge in [0.05, 0.1) is 13.3 Å². The number of carbonyl (C=O) groups excluding carboxylic acids is 1. The zero-order valence-corrected chi connectivity index (χ0v) is 15.0. The summed E-state index contributed by atoms with van der Waals surface area (Å²) in [6, 6.07) is 8.89. The summed E-state index contributed by atoms with van der Waals surface area (Å²) in [5, 5.41) is 12.0. The Bertz CT molecular complexity index is 834. The van der Waals surface area contributed by atoms with E-state index >= 15 is 0 Å². The number of rotatable bonds is 4. The van der Waals surface area contributed by atoms with Crippen molar-refractivity contribution < 1.29 is 9.53 Å². The number of benzene rings is 1. The van der Waals surface area contributed by atoms with Gasteiger partial charge in [-0.25, -0.2) is 9.97 Å². The predicted octanol–water partition coefficient (Wildman–Crippen LogP) is 2.41. The second kappa shape index (κ2) is 8.02. The van der Waals surface area contributed by atoms with Gasteiger partial charge in [-0.15, -0.1) is 0 Å². The van der Waals surface area contributed by atoms with Crippen LogP contribution in [0.2, 0.25) is 5.15 Å². The van der Waals surface area contributed by atoms with E-state index in [9.17, 15) is 4.79 Å². The molecule has 1 saturated heterocycles. The summed E-state index contributed by atoms with van der Waals surface area (Å²) in [6.07, 6.45) is 3.33. The molecule has 1 amide bonds. The lowest BCUT2D eigenvalue weighted by atomic mass is 10.0. The molecule has 3 rings (SSSR count). The minimum absolute atomic E-state index is 0.00503. The topological polar surface area (TPSA) is 91.1 Å².